The van der Waals surface area contributed by atoms with Crippen LogP contribution in [0.5, 0.6) is 0 Å². The second-order valence-corrected chi connectivity index (χ2v) is 6.29. The van der Waals surface area contributed by atoms with Gasteiger partial charge >= 0.3 is 109 Å². The van der Waals surface area contributed by atoms with Crippen LogP contribution in [-0.2, 0) is 6.54 Å². The Labute approximate surface area is 109 Å². The van der Waals surface area contributed by atoms with Crippen molar-refractivity contribution in [3.05, 3.63) is 70.3 Å². The van der Waals surface area contributed by atoms with Crippen LogP contribution in [0, 0.1) is 5.82 Å². The topological polar surface area (TPSA) is 22.0 Å². The zero-order valence-electron chi connectivity index (χ0n) is 9.47. The molecule has 3 rings (SSSR count). The number of fused-ring (bicyclic) bond motifs is 1. The van der Waals surface area contributed by atoms with Crippen LogP contribution < -0.4 is 5.56 Å². The Morgan fingerprint density at radius 2 is 1.78 bits per heavy atom. The van der Waals surface area contributed by atoms with Crippen molar-refractivity contribution in [3.63, 3.8) is 0 Å². The summed E-state index contributed by atoms with van der Waals surface area (Å²) in [5.74, 6) is -0.250. The van der Waals surface area contributed by atoms with Gasteiger partial charge in [0.25, 0.3) is 0 Å². The van der Waals surface area contributed by atoms with Crippen LogP contribution in [0.25, 0.3) is 9.65 Å². The van der Waals surface area contributed by atoms with Crippen LogP contribution >= 0.6 is 0 Å². The van der Waals surface area contributed by atoms with Crippen molar-refractivity contribution in [1.29, 1.82) is 0 Å². The summed E-state index contributed by atoms with van der Waals surface area (Å²) in [5, 5.41) is 0.805. The molecular weight excluding hydrogens is 296 g/mol. The van der Waals surface area contributed by atoms with Gasteiger partial charge in [-0.3, -0.25) is 0 Å². The van der Waals surface area contributed by atoms with Gasteiger partial charge in [0.2, 0.25) is 0 Å². The summed E-state index contributed by atoms with van der Waals surface area (Å²) in [6.45, 7) is 0.549. The Morgan fingerprint density at radius 3 is 2.50 bits per heavy atom. The minimum absolute atomic E-state index is 0.0298. The van der Waals surface area contributed by atoms with Gasteiger partial charge < -0.3 is 0 Å². The van der Waals surface area contributed by atoms with Crippen molar-refractivity contribution in [2.75, 3.05) is 0 Å². The van der Waals surface area contributed by atoms with Crippen molar-refractivity contribution in [3.8, 4) is 0 Å². The molecule has 2 nitrogen and oxygen atoms in total. The molecule has 0 radical (unpaired) electrons. The van der Waals surface area contributed by atoms with Gasteiger partial charge in [0.15, 0.2) is 0 Å². The van der Waals surface area contributed by atoms with Crippen molar-refractivity contribution in [2.24, 2.45) is 0 Å². The summed E-state index contributed by atoms with van der Waals surface area (Å²) < 4.78 is 15.8. The van der Waals surface area contributed by atoms with E-state index in [0.717, 1.165) is 15.2 Å². The zero-order valence-corrected chi connectivity index (χ0v) is 11.2. The van der Waals surface area contributed by atoms with E-state index in [1.807, 2.05) is 27.8 Å². The number of benzene rings is 2. The van der Waals surface area contributed by atoms with Crippen LogP contribution in [0.15, 0.2) is 53.3 Å². The Hall–Kier alpha value is -1.64. The van der Waals surface area contributed by atoms with E-state index in [2.05, 4.69) is 0 Å². The molecule has 0 amide bonds. The molecule has 0 fully saturated rings. The van der Waals surface area contributed by atoms with Gasteiger partial charge in [-0.2, -0.15) is 0 Å². The fourth-order valence-corrected chi connectivity index (χ4v) is 4.03. The zero-order chi connectivity index (χ0) is 12.5. The summed E-state index contributed by atoms with van der Waals surface area (Å²) in [6.07, 6.45) is 0. The first-order chi connectivity index (χ1) is 8.74. The second kappa shape index (κ2) is 4.56. The third-order valence-electron chi connectivity index (χ3n) is 2.79. The Morgan fingerprint density at radius 1 is 1.06 bits per heavy atom. The Balaban J connectivity index is 2.02. The van der Waals surface area contributed by atoms with Gasteiger partial charge in [-0.1, -0.05) is 0 Å². The first kappa shape index (κ1) is 11.4. The molecule has 0 atom stereocenters. The molecule has 2 aromatic carbocycles. The van der Waals surface area contributed by atoms with Gasteiger partial charge in [-0.25, -0.2) is 0 Å². The summed E-state index contributed by atoms with van der Waals surface area (Å²) in [4.78, 5) is 12.1. The van der Waals surface area contributed by atoms with Gasteiger partial charge in [-0.05, 0) is 0 Å². The van der Waals surface area contributed by atoms with E-state index in [1.165, 1.54) is 12.1 Å². The maximum absolute atomic E-state index is 12.8. The predicted molar refractivity (Wildman–Crippen MR) is 70.7 cm³/mol. The molecule has 0 saturated heterocycles. The summed E-state index contributed by atoms with van der Waals surface area (Å²) in [6, 6.07) is 14.0. The average Bonchev–Trinajstić information content (AvgIpc) is 2.70. The van der Waals surface area contributed by atoms with Crippen LogP contribution in [-0.4, -0.2) is 18.3 Å². The number of hydrogen-bond donors (Lipinski definition) is 0. The average molecular weight is 306 g/mol. The molecule has 0 spiro atoms. The molecule has 4 heteroatoms. The number of nitrogens with zero attached hydrogens (tertiary/aromatic N) is 1. The van der Waals surface area contributed by atoms with Gasteiger partial charge in [0, 0.05) is 0 Å². The fourth-order valence-electron chi connectivity index (χ4n) is 1.88. The van der Waals surface area contributed by atoms with Crippen LogP contribution in [0.3, 0.4) is 0 Å². The van der Waals surface area contributed by atoms with Crippen molar-refractivity contribution < 1.29 is 4.39 Å². The SMILES string of the molecule is O=c1c2ccccc2[se]n1Cc1ccc(F)cc1. The standard InChI is InChI=1S/C14H10FNOSe/c15-11-7-5-10(6-8-11)9-16-14(17)12-3-1-2-4-13(12)18-16/h1-8H,9H2. The van der Waals surface area contributed by atoms with Crippen molar-refractivity contribution >= 4 is 24.4 Å². The normalized spacial score (nSPS) is 10.9. The molecule has 1 aromatic heterocycles. The monoisotopic (exact) mass is 307 g/mol. The van der Waals surface area contributed by atoms with Crippen LogP contribution in [0.2, 0.25) is 0 Å². The summed E-state index contributed by atoms with van der Waals surface area (Å²) >= 11 is 0.0298. The first-order valence-corrected chi connectivity index (χ1v) is 7.19. The molecule has 18 heavy (non-hydrogen) atoms. The van der Waals surface area contributed by atoms with E-state index in [0.29, 0.717) is 6.54 Å². The molecule has 0 unspecified atom stereocenters. The molecule has 0 N–H and O–H groups in total. The van der Waals surface area contributed by atoms with Crippen LogP contribution in [0.4, 0.5) is 4.39 Å². The molecule has 0 aliphatic carbocycles. The fraction of sp³-hybridized carbons (Fsp3) is 0.0714. The number of rotatable bonds is 2. The quantitative estimate of drug-likeness (QED) is 0.666. The predicted octanol–water partition coefficient (Wildman–Crippen LogP) is 2.25. The molecule has 0 aliphatic heterocycles. The van der Waals surface area contributed by atoms with Crippen LogP contribution in [0.1, 0.15) is 5.56 Å². The van der Waals surface area contributed by atoms with E-state index in [9.17, 15) is 9.18 Å². The van der Waals surface area contributed by atoms with E-state index >= 15 is 0 Å². The van der Waals surface area contributed by atoms with Gasteiger partial charge in [-0.15, -0.1) is 0 Å². The van der Waals surface area contributed by atoms with E-state index < -0.39 is 0 Å². The minimum atomic E-state index is -0.250. The number of hydrogen-bond acceptors (Lipinski definition) is 1. The molecule has 0 bridgehead atoms. The number of aromatic nitrogens is 1. The summed E-state index contributed by atoms with van der Waals surface area (Å²) in [7, 11) is 0. The molecule has 3 aromatic rings. The third kappa shape index (κ3) is 2.05. The first-order valence-electron chi connectivity index (χ1n) is 5.57. The maximum atomic E-state index is 12.8. The number of halogens is 1. The second-order valence-electron chi connectivity index (χ2n) is 4.06. The molecule has 90 valence electrons. The van der Waals surface area contributed by atoms with Crippen molar-refractivity contribution in [1.82, 2.24) is 3.56 Å². The molecular formula is C14H10FNOSe. The van der Waals surface area contributed by atoms with Gasteiger partial charge in [0.1, 0.15) is 0 Å². The van der Waals surface area contributed by atoms with E-state index in [1.54, 1.807) is 12.1 Å². The van der Waals surface area contributed by atoms with E-state index in [-0.39, 0.29) is 26.1 Å². The molecule has 0 aliphatic rings. The Kier molecular flexibility index (Phi) is 2.90. The summed E-state index contributed by atoms with van der Waals surface area (Å²) in [5.41, 5.74) is 1.04. The third-order valence-corrected chi connectivity index (χ3v) is 5.03. The Bertz CT molecular complexity index is 742. The van der Waals surface area contributed by atoms with E-state index in [4.69, 9.17) is 0 Å². The van der Waals surface area contributed by atoms with Crippen molar-refractivity contribution in [2.45, 2.75) is 6.54 Å². The molecule has 0 saturated carbocycles. The molecule has 1 heterocycles. The van der Waals surface area contributed by atoms with Gasteiger partial charge in [0.05, 0.1) is 0 Å².